The van der Waals surface area contributed by atoms with Crippen molar-refractivity contribution in [1.82, 2.24) is 14.7 Å². The van der Waals surface area contributed by atoms with Crippen molar-refractivity contribution in [2.75, 3.05) is 31.1 Å². The summed E-state index contributed by atoms with van der Waals surface area (Å²) in [5, 5.41) is 4.55. The summed E-state index contributed by atoms with van der Waals surface area (Å²) in [5.41, 5.74) is 6.68. The molecule has 0 spiro atoms. The molecule has 0 aliphatic carbocycles. The van der Waals surface area contributed by atoms with E-state index in [-0.39, 0.29) is 11.7 Å². The van der Waals surface area contributed by atoms with Gasteiger partial charge in [0.25, 0.3) is 5.91 Å². The third-order valence-corrected chi connectivity index (χ3v) is 6.06. The second kappa shape index (κ2) is 7.94. The van der Waals surface area contributed by atoms with E-state index in [0.717, 1.165) is 24.5 Å². The molecule has 1 saturated heterocycles. The molecule has 6 heteroatoms. The molecule has 0 unspecified atom stereocenters. The first-order chi connectivity index (χ1) is 14.4. The predicted molar refractivity (Wildman–Crippen MR) is 117 cm³/mol. The van der Waals surface area contributed by atoms with Crippen LogP contribution in [0.3, 0.4) is 0 Å². The number of rotatable bonds is 3. The Balaban J connectivity index is 1.52. The van der Waals surface area contributed by atoms with Crippen LogP contribution in [0.25, 0.3) is 5.69 Å². The number of hydrogen-bond donors (Lipinski definition) is 0. The van der Waals surface area contributed by atoms with Crippen molar-refractivity contribution in [1.29, 1.82) is 0 Å². The summed E-state index contributed by atoms with van der Waals surface area (Å²) in [6.07, 6.45) is 0. The number of benzene rings is 2. The third-order valence-electron chi connectivity index (χ3n) is 6.06. The highest BCUT2D eigenvalue weighted by molar-refractivity contribution is 5.96. The normalized spacial score (nSPS) is 14.3. The highest BCUT2D eigenvalue weighted by atomic mass is 19.1. The van der Waals surface area contributed by atoms with Crippen molar-refractivity contribution in [3.8, 4) is 5.69 Å². The van der Waals surface area contributed by atoms with Gasteiger partial charge in [0.1, 0.15) is 5.82 Å². The van der Waals surface area contributed by atoms with E-state index in [1.807, 2.05) is 18.7 Å². The van der Waals surface area contributed by atoms with Crippen LogP contribution in [0.5, 0.6) is 0 Å². The van der Waals surface area contributed by atoms with Gasteiger partial charge in [-0.2, -0.15) is 5.10 Å². The number of piperazine rings is 1. The maximum Gasteiger partial charge on any atom is 0.257 e. The Labute approximate surface area is 176 Å². The van der Waals surface area contributed by atoms with Crippen molar-refractivity contribution in [2.45, 2.75) is 27.7 Å². The quantitative estimate of drug-likeness (QED) is 0.654. The smallest absolute Gasteiger partial charge is 0.257 e. The Bertz CT molecular complexity index is 1080. The summed E-state index contributed by atoms with van der Waals surface area (Å²) < 4.78 is 15.0. The molecule has 2 heterocycles. The molecule has 1 fully saturated rings. The van der Waals surface area contributed by atoms with Gasteiger partial charge in [0.05, 0.1) is 22.6 Å². The van der Waals surface area contributed by atoms with Crippen LogP contribution in [0.4, 0.5) is 10.1 Å². The fourth-order valence-corrected chi connectivity index (χ4v) is 4.17. The summed E-state index contributed by atoms with van der Waals surface area (Å²) in [7, 11) is 0. The van der Waals surface area contributed by atoms with E-state index < -0.39 is 0 Å². The fourth-order valence-electron chi connectivity index (χ4n) is 4.17. The molecule has 4 rings (SSSR count). The Morgan fingerprint density at radius 1 is 0.933 bits per heavy atom. The number of carbonyl (C=O) groups excluding carboxylic acids is 1. The first kappa shape index (κ1) is 20.1. The molecule has 0 N–H and O–H groups in total. The van der Waals surface area contributed by atoms with Crippen molar-refractivity contribution < 1.29 is 9.18 Å². The zero-order valence-electron chi connectivity index (χ0n) is 17.9. The first-order valence-corrected chi connectivity index (χ1v) is 10.3. The van der Waals surface area contributed by atoms with Crippen molar-refractivity contribution in [3.63, 3.8) is 0 Å². The lowest BCUT2D eigenvalue weighted by atomic mass is 10.1. The Morgan fingerprint density at radius 2 is 1.60 bits per heavy atom. The van der Waals surface area contributed by atoms with Crippen LogP contribution in [-0.4, -0.2) is 46.8 Å². The number of hydrogen-bond acceptors (Lipinski definition) is 3. The second-order valence-electron chi connectivity index (χ2n) is 7.93. The van der Waals surface area contributed by atoms with Gasteiger partial charge in [-0.1, -0.05) is 12.1 Å². The summed E-state index contributed by atoms with van der Waals surface area (Å²) in [5.74, 6) is -0.280. The van der Waals surface area contributed by atoms with E-state index in [1.54, 1.807) is 16.8 Å². The van der Waals surface area contributed by atoms with E-state index >= 15 is 0 Å². The van der Waals surface area contributed by atoms with Crippen LogP contribution >= 0.6 is 0 Å². The fraction of sp³-hybridized carbons (Fsp3) is 0.333. The van der Waals surface area contributed by atoms with Gasteiger partial charge in [0, 0.05) is 31.9 Å². The molecular weight excluding hydrogens is 379 g/mol. The molecular formula is C24H27FN4O. The number of halogens is 1. The van der Waals surface area contributed by atoms with E-state index in [2.05, 4.69) is 42.0 Å². The van der Waals surface area contributed by atoms with Gasteiger partial charge in [-0.15, -0.1) is 0 Å². The van der Waals surface area contributed by atoms with Crippen molar-refractivity contribution in [2.24, 2.45) is 0 Å². The zero-order chi connectivity index (χ0) is 21.4. The molecule has 3 aromatic rings. The maximum absolute atomic E-state index is 13.3. The summed E-state index contributed by atoms with van der Waals surface area (Å²) in [4.78, 5) is 17.6. The molecule has 156 valence electrons. The molecule has 5 nitrogen and oxygen atoms in total. The molecule has 1 aliphatic rings. The standard InChI is InChI=1S/C24H27FN4O/c1-16-6-5-7-22(17(16)2)27-12-14-28(15-13-27)24(30)23-18(3)26-29(19(23)4)21-10-8-20(25)9-11-21/h5-11H,12-15H2,1-4H3. The number of aryl methyl sites for hydroxylation is 2. The molecule has 0 radical (unpaired) electrons. The topological polar surface area (TPSA) is 41.4 Å². The predicted octanol–water partition coefficient (Wildman–Crippen LogP) is 4.21. The number of amides is 1. The lowest BCUT2D eigenvalue weighted by Gasteiger charge is -2.37. The van der Waals surface area contributed by atoms with Gasteiger partial charge < -0.3 is 9.80 Å². The molecule has 1 aromatic heterocycles. The highest BCUT2D eigenvalue weighted by Gasteiger charge is 2.27. The van der Waals surface area contributed by atoms with Crippen LogP contribution < -0.4 is 4.90 Å². The minimum atomic E-state index is -0.293. The van der Waals surface area contributed by atoms with Gasteiger partial charge >= 0.3 is 0 Å². The average molecular weight is 407 g/mol. The van der Waals surface area contributed by atoms with Gasteiger partial charge in [-0.25, -0.2) is 9.07 Å². The summed E-state index contributed by atoms with van der Waals surface area (Å²) >= 11 is 0. The van der Waals surface area contributed by atoms with Crippen molar-refractivity contribution in [3.05, 3.63) is 76.4 Å². The second-order valence-corrected chi connectivity index (χ2v) is 7.93. The van der Waals surface area contributed by atoms with Crippen molar-refractivity contribution >= 4 is 11.6 Å². The molecule has 0 atom stereocenters. The average Bonchev–Trinajstić information content (AvgIpc) is 3.04. The Kier molecular flexibility index (Phi) is 5.33. The van der Waals surface area contributed by atoms with Crippen LogP contribution in [0.15, 0.2) is 42.5 Å². The van der Waals surface area contributed by atoms with Crippen LogP contribution in [0.2, 0.25) is 0 Å². The Morgan fingerprint density at radius 3 is 2.27 bits per heavy atom. The summed E-state index contributed by atoms with van der Waals surface area (Å²) in [6.45, 7) is 11.0. The molecule has 1 aliphatic heterocycles. The number of carbonyl (C=O) groups is 1. The van der Waals surface area contributed by atoms with Crippen LogP contribution in [-0.2, 0) is 0 Å². The van der Waals surface area contributed by atoms with Gasteiger partial charge in [-0.3, -0.25) is 4.79 Å². The number of nitrogens with zero attached hydrogens (tertiary/aromatic N) is 4. The first-order valence-electron chi connectivity index (χ1n) is 10.3. The van der Waals surface area contributed by atoms with Crippen LogP contribution in [0.1, 0.15) is 32.9 Å². The molecule has 0 bridgehead atoms. The monoisotopic (exact) mass is 406 g/mol. The third kappa shape index (κ3) is 3.58. The minimum absolute atomic E-state index is 0.0129. The zero-order valence-corrected chi connectivity index (χ0v) is 17.9. The van der Waals surface area contributed by atoms with E-state index in [4.69, 9.17) is 0 Å². The summed E-state index contributed by atoms with van der Waals surface area (Å²) in [6, 6.07) is 12.5. The Hall–Kier alpha value is -3.15. The van der Waals surface area contributed by atoms with E-state index in [1.165, 1.54) is 28.9 Å². The number of anilines is 1. The van der Waals surface area contributed by atoms with E-state index in [0.29, 0.717) is 24.3 Å². The molecule has 1 amide bonds. The van der Waals surface area contributed by atoms with Gasteiger partial charge in [0.2, 0.25) is 0 Å². The lowest BCUT2D eigenvalue weighted by molar-refractivity contribution is 0.0745. The number of aromatic nitrogens is 2. The van der Waals surface area contributed by atoms with Gasteiger partial charge in [-0.05, 0) is 69.2 Å². The molecule has 2 aromatic carbocycles. The largest absolute Gasteiger partial charge is 0.368 e. The highest BCUT2D eigenvalue weighted by Crippen LogP contribution is 2.25. The maximum atomic E-state index is 13.3. The van der Waals surface area contributed by atoms with Crippen LogP contribution in [0, 0.1) is 33.5 Å². The SMILES string of the molecule is Cc1cccc(N2CCN(C(=O)c3c(C)nn(-c4ccc(F)cc4)c3C)CC2)c1C. The lowest BCUT2D eigenvalue weighted by Crippen LogP contribution is -2.49. The molecule has 0 saturated carbocycles. The molecule has 30 heavy (non-hydrogen) atoms. The van der Waals surface area contributed by atoms with E-state index in [9.17, 15) is 9.18 Å². The minimum Gasteiger partial charge on any atom is -0.368 e. The van der Waals surface area contributed by atoms with Gasteiger partial charge in [0.15, 0.2) is 0 Å².